The third kappa shape index (κ3) is 6.30. The van der Waals surface area contributed by atoms with E-state index in [0.717, 1.165) is 27.1 Å². The molecule has 0 saturated heterocycles. The second kappa shape index (κ2) is 8.65. The quantitative estimate of drug-likeness (QED) is 0.784. The summed E-state index contributed by atoms with van der Waals surface area (Å²) in [5.74, 6) is -0.180. The Labute approximate surface area is 159 Å². The molecule has 136 valence electrons. The smallest absolute Gasteiger partial charge is 0.241 e. The number of halogens is 1. The number of aromatic nitrogens is 2. The number of carbonyl (C=O) groups excluding carboxylic acids is 1. The van der Waals surface area contributed by atoms with E-state index in [-0.39, 0.29) is 23.7 Å². The summed E-state index contributed by atoms with van der Waals surface area (Å²) in [6.07, 6.45) is 0. The van der Waals surface area contributed by atoms with Crippen molar-refractivity contribution < 1.29 is 4.79 Å². The number of aryl methyl sites for hydroxylation is 2. The molecule has 7 heteroatoms. The molecule has 0 aliphatic rings. The number of benzene rings is 1. The number of nitrogens with zero attached hydrogens (tertiary/aromatic N) is 2. The fourth-order valence-corrected chi connectivity index (χ4v) is 2.93. The first-order chi connectivity index (χ1) is 11.1. The summed E-state index contributed by atoms with van der Waals surface area (Å²) in [7, 11) is 0. The van der Waals surface area contributed by atoms with Crippen LogP contribution in [0.25, 0.3) is 0 Å². The number of amides is 1. The molecule has 5 nitrogen and oxygen atoms in total. The molecule has 0 aliphatic heterocycles. The molecular formula is C18H25ClN4OS. The van der Waals surface area contributed by atoms with Crippen LogP contribution in [0.15, 0.2) is 40.4 Å². The molecule has 0 spiro atoms. The predicted octanol–water partition coefficient (Wildman–Crippen LogP) is 3.98. The first-order valence-electron chi connectivity index (χ1n) is 7.82. The van der Waals surface area contributed by atoms with Gasteiger partial charge >= 0.3 is 0 Å². The maximum Gasteiger partial charge on any atom is 0.241 e. The van der Waals surface area contributed by atoms with Gasteiger partial charge in [0.25, 0.3) is 0 Å². The second-order valence-electron chi connectivity index (χ2n) is 6.89. The Bertz CT molecular complexity index is 709. The first kappa shape index (κ1) is 21.4. The van der Waals surface area contributed by atoms with Crippen molar-refractivity contribution in [3.05, 3.63) is 41.7 Å². The summed E-state index contributed by atoms with van der Waals surface area (Å²) in [5, 5.41) is 3.57. The molecule has 3 N–H and O–H groups in total. The van der Waals surface area contributed by atoms with Crippen LogP contribution in [0.2, 0.25) is 0 Å². The minimum atomic E-state index is -0.560. The highest BCUT2D eigenvalue weighted by Crippen LogP contribution is 2.26. The van der Waals surface area contributed by atoms with Crippen LogP contribution in [-0.2, 0) is 4.79 Å². The molecule has 2 rings (SSSR count). The first-order valence-corrected chi connectivity index (χ1v) is 8.63. The molecule has 2 aromatic rings. The van der Waals surface area contributed by atoms with E-state index in [9.17, 15) is 4.79 Å². The van der Waals surface area contributed by atoms with Gasteiger partial charge in [0.1, 0.15) is 0 Å². The zero-order chi connectivity index (χ0) is 17.9. The van der Waals surface area contributed by atoms with Gasteiger partial charge in [-0.15, -0.1) is 12.4 Å². The molecule has 1 aromatic heterocycles. The lowest BCUT2D eigenvalue weighted by Gasteiger charge is -2.25. The van der Waals surface area contributed by atoms with E-state index >= 15 is 0 Å². The molecule has 0 saturated carbocycles. The van der Waals surface area contributed by atoms with Crippen molar-refractivity contribution in [2.45, 2.75) is 50.7 Å². The van der Waals surface area contributed by atoms with Gasteiger partial charge in [-0.1, -0.05) is 20.8 Å². The van der Waals surface area contributed by atoms with Crippen LogP contribution in [-0.4, -0.2) is 21.9 Å². The molecule has 25 heavy (non-hydrogen) atoms. The number of anilines is 1. The average Bonchev–Trinajstić information content (AvgIpc) is 2.46. The maximum atomic E-state index is 12.1. The number of nitrogens with two attached hydrogens (primary N) is 1. The van der Waals surface area contributed by atoms with Crippen molar-refractivity contribution in [1.29, 1.82) is 0 Å². The van der Waals surface area contributed by atoms with E-state index in [1.54, 1.807) is 0 Å². The van der Waals surface area contributed by atoms with Crippen LogP contribution in [0.5, 0.6) is 0 Å². The Morgan fingerprint density at radius 1 is 1.12 bits per heavy atom. The van der Waals surface area contributed by atoms with Gasteiger partial charge < -0.3 is 11.1 Å². The maximum absolute atomic E-state index is 12.1. The van der Waals surface area contributed by atoms with E-state index in [4.69, 9.17) is 5.73 Å². The van der Waals surface area contributed by atoms with Gasteiger partial charge in [-0.05, 0) is 61.4 Å². The molecule has 0 radical (unpaired) electrons. The molecule has 0 unspecified atom stereocenters. The Morgan fingerprint density at radius 3 is 2.12 bits per heavy atom. The van der Waals surface area contributed by atoms with Crippen LogP contribution >= 0.6 is 24.2 Å². The van der Waals surface area contributed by atoms with Gasteiger partial charge in [0, 0.05) is 22.0 Å². The van der Waals surface area contributed by atoms with Gasteiger partial charge in [0.15, 0.2) is 5.16 Å². The zero-order valence-corrected chi connectivity index (χ0v) is 16.8. The van der Waals surface area contributed by atoms with Crippen molar-refractivity contribution in [2.75, 3.05) is 5.32 Å². The molecule has 0 aliphatic carbocycles. The van der Waals surface area contributed by atoms with Crippen LogP contribution in [0.3, 0.4) is 0 Å². The summed E-state index contributed by atoms with van der Waals surface area (Å²) in [6, 6.07) is 8.97. The van der Waals surface area contributed by atoms with Gasteiger partial charge in [0.05, 0.1) is 6.04 Å². The van der Waals surface area contributed by atoms with E-state index < -0.39 is 6.04 Å². The number of hydrogen-bond acceptors (Lipinski definition) is 5. The largest absolute Gasteiger partial charge is 0.325 e. The van der Waals surface area contributed by atoms with E-state index in [1.165, 1.54) is 11.8 Å². The van der Waals surface area contributed by atoms with Gasteiger partial charge in [-0.3, -0.25) is 4.79 Å². The summed E-state index contributed by atoms with van der Waals surface area (Å²) >= 11 is 1.49. The molecule has 1 aromatic carbocycles. The highest BCUT2D eigenvalue weighted by Gasteiger charge is 2.27. The van der Waals surface area contributed by atoms with Gasteiger partial charge in [-0.25, -0.2) is 9.97 Å². The third-order valence-corrected chi connectivity index (χ3v) is 4.38. The van der Waals surface area contributed by atoms with Gasteiger partial charge in [0.2, 0.25) is 5.91 Å². The normalized spacial score (nSPS) is 12.2. The van der Waals surface area contributed by atoms with Gasteiger partial charge in [-0.2, -0.15) is 0 Å². The summed E-state index contributed by atoms with van der Waals surface area (Å²) in [4.78, 5) is 22.0. The SMILES string of the molecule is Cc1cc(C)nc(Sc2ccc(NC(=O)[C@@H](N)C(C)(C)C)cc2)n1.Cl. The lowest BCUT2D eigenvalue weighted by Crippen LogP contribution is -2.45. The van der Waals surface area contributed by atoms with Crippen molar-refractivity contribution in [2.24, 2.45) is 11.1 Å². The zero-order valence-electron chi connectivity index (χ0n) is 15.2. The van der Waals surface area contributed by atoms with Crippen molar-refractivity contribution in [1.82, 2.24) is 9.97 Å². The fourth-order valence-electron chi connectivity index (χ4n) is 2.06. The molecule has 1 atom stereocenters. The summed E-state index contributed by atoms with van der Waals surface area (Å²) < 4.78 is 0. The number of hydrogen-bond donors (Lipinski definition) is 2. The molecule has 1 amide bonds. The summed E-state index contributed by atoms with van der Waals surface area (Å²) in [5.41, 5.74) is 8.32. The highest BCUT2D eigenvalue weighted by atomic mass is 35.5. The Morgan fingerprint density at radius 2 is 1.64 bits per heavy atom. The fraction of sp³-hybridized carbons (Fsp3) is 0.389. The van der Waals surface area contributed by atoms with Crippen LogP contribution in [0, 0.1) is 19.3 Å². The molecule has 1 heterocycles. The van der Waals surface area contributed by atoms with E-state index in [1.807, 2.05) is 65.0 Å². The number of nitrogens with one attached hydrogen (secondary N) is 1. The van der Waals surface area contributed by atoms with Crippen molar-refractivity contribution in [3.8, 4) is 0 Å². The van der Waals surface area contributed by atoms with E-state index in [0.29, 0.717) is 0 Å². The van der Waals surface area contributed by atoms with Crippen LogP contribution < -0.4 is 11.1 Å². The van der Waals surface area contributed by atoms with Crippen LogP contribution in [0.4, 0.5) is 5.69 Å². The minimum Gasteiger partial charge on any atom is -0.325 e. The molecule has 0 bridgehead atoms. The monoisotopic (exact) mass is 380 g/mol. The highest BCUT2D eigenvalue weighted by molar-refractivity contribution is 7.99. The van der Waals surface area contributed by atoms with E-state index in [2.05, 4.69) is 15.3 Å². The lowest BCUT2D eigenvalue weighted by atomic mass is 9.87. The predicted molar refractivity (Wildman–Crippen MR) is 105 cm³/mol. The number of carbonyl (C=O) groups is 1. The summed E-state index contributed by atoms with van der Waals surface area (Å²) in [6.45, 7) is 9.74. The third-order valence-electron chi connectivity index (χ3n) is 3.51. The Hall–Kier alpha value is -1.63. The Balaban J connectivity index is 0.00000312. The standard InChI is InChI=1S/C18H24N4OS.ClH/c1-11-10-12(2)21-17(20-11)24-14-8-6-13(7-9-14)22-16(23)15(19)18(3,4)5;/h6-10,15H,19H2,1-5H3,(H,22,23);1H/t15-;/m1./s1. The molecular weight excluding hydrogens is 356 g/mol. The van der Waals surface area contributed by atoms with Crippen LogP contribution in [0.1, 0.15) is 32.2 Å². The minimum absolute atomic E-state index is 0. The second-order valence-corrected chi connectivity index (χ2v) is 7.93. The lowest BCUT2D eigenvalue weighted by molar-refractivity contribution is -0.119. The Kier molecular flexibility index (Phi) is 7.41. The topological polar surface area (TPSA) is 80.9 Å². The average molecular weight is 381 g/mol. The molecule has 0 fully saturated rings. The van der Waals surface area contributed by atoms with Crippen molar-refractivity contribution in [3.63, 3.8) is 0 Å². The van der Waals surface area contributed by atoms with Crippen molar-refractivity contribution >= 4 is 35.8 Å². The number of rotatable bonds is 4.